The van der Waals surface area contributed by atoms with Crippen LogP contribution in [0.25, 0.3) is 27.2 Å². The SMILES string of the molecule is [2H]C[C@H]1O[C@@H](n2cnc3c(NC(=O)c4ccccc4)ncnc32)[C@@H](F)C1OP(=S)(OCC[N+]#[C-])OC[C@H]1O[C@@H](n2cnc3c(NC(=O)c4ccccc4)ncnc32)[C@@H](OC)C1O. The molecule has 6 heterocycles. The van der Waals surface area contributed by atoms with Crippen LogP contribution in [0.4, 0.5) is 16.0 Å². The lowest BCUT2D eigenvalue weighted by molar-refractivity contribution is -0.0588. The fraction of sp³-hybridized carbons (Fsp3) is 0.342. The van der Waals surface area contributed by atoms with E-state index < -0.39 is 81.2 Å². The number of halogens is 1. The molecule has 8 rings (SSSR count). The van der Waals surface area contributed by atoms with Crippen molar-refractivity contribution < 1.29 is 48.2 Å². The van der Waals surface area contributed by atoms with E-state index >= 15 is 4.39 Å². The van der Waals surface area contributed by atoms with E-state index in [-0.39, 0.29) is 47.1 Å². The van der Waals surface area contributed by atoms with Gasteiger partial charge in [-0.3, -0.25) is 23.2 Å². The number of anilines is 2. The smallest absolute Gasteiger partial charge is 0.327 e. The van der Waals surface area contributed by atoms with Gasteiger partial charge in [0.05, 0.1) is 25.4 Å². The summed E-state index contributed by atoms with van der Waals surface area (Å²) in [5.74, 6) is -0.625. The summed E-state index contributed by atoms with van der Waals surface area (Å²) >= 11 is 5.75. The van der Waals surface area contributed by atoms with Crippen LogP contribution >= 0.6 is 6.72 Å². The number of benzene rings is 2. The quantitative estimate of drug-likeness (QED) is 0.0744. The van der Waals surface area contributed by atoms with Crippen molar-refractivity contribution in [3.63, 3.8) is 0 Å². The Bertz CT molecular complexity index is 2650. The molecule has 2 fully saturated rings. The molecule has 6 aromatic rings. The van der Waals surface area contributed by atoms with Crippen LogP contribution in [0, 0.1) is 6.57 Å². The Morgan fingerprint density at radius 3 is 2.00 bits per heavy atom. The van der Waals surface area contributed by atoms with Gasteiger partial charge in [-0.2, -0.15) is 0 Å². The molecule has 0 spiro atoms. The number of ether oxygens (including phenoxy) is 3. The highest BCUT2D eigenvalue weighted by molar-refractivity contribution is 8.07. The van der Waals surface area contributed by atoms with Crippen LogP contribution in [-0.2, 0) is 39.6 Å². The summed E-state index contributed by atoms with van der Waals surface area (Å²) in [6.45, 7) is 1.99. The zero-order valence-electron chi connectivity index (χ0n) is 33.0. The third-order valence-corrected chi connectivity index (χ3v) is 12.1. The van der Waals surface area contributed by atoms with Crippen LogP contribution in [0.15, 0.2) is 86.0 Å². The number of carbonyl (C=O) groups excluding carboxylic acids is 2. The number of aromatic nitrogens is 8. The molecule has 2 aromatic carbocycles. The zero-order valence-corrected chi connectivity index (χ0v) is 33.7. The van der Waals surface area contributed by atoms with Crippen LogP contribution in [0.1, 0.15) is 41.4 Å². The fourth-order valence-electron chi connectivity index (χ4n) is 6.79. The number of alkyl halides is 1. The molecule has 3 unspecified atom stereocenters. The predicted molar refractivity (Wildman–Crippen MR) is 217 cm³/mol. The van der Waals surface area contributed by atoms with Gasteiger partial charge in [-0.15, -0.1) is 0 Å². The van der Waals surface area contributed by atoms with E-state index in [4.69, 9.17) is 47.5 Å². The number of methoxy groups -OCH3 is 1. The summed E-state index contributed by atoms with van der Waals surface area (Å²) in [6, 6.07) is 17.0. The lowest BCUT2D eigenvalue weighted by Gasteiger charge is -2.28. The third kappa shape index (κ3) is 8.60. The number of aliphatic hydroxyl groups excluding tert-OH is 1. The molecule has 316 valence electrons. The molecule has 23 heteroatoms. The largest absolute Gasteiger partial charge is 0.387 e. The van der Waals surface area contributed by atoms with Crippen LogP contribution in [-0.4, -0.2) is 120 Å². The number of carbonyl (C=O) groups is 2. The first-order valence-corrected chi connectivity index (χ1v) is 21.1. The van der Waals surface area contributed by atoms with Crippen LogP contribution in [0.3, 0.4) is 0 Å². The highest BCUT2D eigenvalue weighted by Gasteiger charge is 2.50. The third-order valence-electron chi connectivity index (χ3n) is 9.75. The Labute approximate surface area is 352 Å². The van der Waals surface area contributed by atoms with Crippen LogP contribution < -0.4 is 10.6 Å². The van der Waals surface area contributed by atoms with Gasteiger partial charge in [-0.25, -0.2) is 40.9 Å². The predicted octanol–water partition coefficient (Wildman–Crippen LogP) is 4.26. The maximum atomic E-state index is 16.6. The standard InChI is InChI=1S/C38H37FN11O9PS/c1-21-29(25(39)37(57-21)49-19-45-26-31(41-17-43-33(26)49)47-35(52)22-10-6-4-7-11-22)59-60(61,55-15-14-40-2)56-16-24-28(51)30(54-3)38(58-24)50-20-46-27-32(42-18-44-34(27)50)48-36(53)23-12-8-5-9-13-23/h4-13,17-21,24-25,28-30,37-38,51H,14-16H2,1,3H3,(H,41,43,47,52)(H,42,44,48,53)/t21-,24-,25+,28?,29?,30+,37-,38-,60?/m1/s1/i1D. The van der Waals surface area contributed by atoms with E-state index in [1.165, 1.54) is 41.6 Å². The summed E-state index contributed by atoms with van der Waals surface area (Å²) in [5.41, 5.74) is 1.58. The first-order valence-electron chi connectivity index (χ1n) is 19.3. The van der Waals surface area contributed by atoms with Gasteiger partial charge >= 0.3 is 6.72 Å². The van der Waals surface area contributed by atoms with E-state index in [9.17, 15) is 14.7 Å². The first kappa shape index (κ1) is 40.7. The zero-order chi connectivity index (χ0) is 43.4. The Morgan fingerprint density at radius 2 is 1.46 bits per heavy atom. The number of hydrogen-bond acceptors (Lipinski definition) is 16. The Hall–Kier alpha value is -5.73. The van der Waals surface area contributed by atoms with Gasteiger partial charge in [0.25, 0.3) is 11.8 Å². The number of rotatable bonds is 15. The molecular weight excluding hydrogens is 837 g/mol. The van der Waals surface area contributed by atoms with Crippen molar-refractivity contribution in [2.45, 2.75) is 56.0 Å². The molecule has 0 saturated carbocycles. The average Bonchev–Trinajstić information content (AvgIpc) is 4.07. The lowest BCUT2D eigenvalue weighted by Crippen LogP contribution is -2.35. The van der Waals surface area contributed by atoms with Gasteiger partial charge in [0.2, 0.25) is 6.54 Å². The molecule has 2 saturated heterocycles. The fourth-order valence-corrected chi connectivity index (χ4v) is 8.87. The number of hydrogen-bond donors (Lipinski definition) is 3. The molecule has 2 aliphatic heterocycles. The van der Waals surface area contributed by atoms with Crippen molar-refractivity contribution in [2.24, 2.45) is 0 Å². The summed E-state index contributed by atoms with van der Waals surface area (Å²) in [6.07, 6.45) is -5.42. The van der Waals surface area contributed by atoms with E-state index in [0.29, 0.717) is 11.1 Å². The lowest BCUT2D eigenvalue weighted by atomic mass is 10.1. The summed E-state index contributed by atoms with van der Waals surface area (Å²) in [5, 5.41) is 16.9. The van der Waals surface area contributed by atoms with E-state index in [0.717, 1.165) is 0 Å². The molecule has 2 amide bonds. The van der Waals surface area contributed by atoms with Gasteiger partial charge in [-0.05, 0) is 43.0 Å². The molecule has 3 N–H and O–H groups in total. The van der Waals surface area contributed by atoms with Gasteiger partial charge in [0.1, 0.15) is 43.7 Å². The average molecular weight is 875 g/mol. The molecule has 4 aromatic heterocycles. The Balaban J connectivity index is 0.982. The van der Waals surface area contributed by atoms with Crippen molar-refractivity contribution in [2.75, 3.05) is 37.5 Å². The molecule has 61 heavy (non-hydrogen) atoms. The normalized spacial score (nSPS) is 24.9. The second-order valence-electron chi connectivity index (χ2n) is 13.5. The first-order chi connectivity index (χ1) is 30.1. The molecule has 9 atom stereocenters. The minimum Gasteiger partial charge on any atom is -0.387 e. The van der Waals surface area contributed by atoms with Crippen molar-refractivity contribution >= 4 is 64.3 Å². The molecular formula is C38H37FN11O9PS. The van der Waals surface area contributed by atoms with Gasteiger partial charge < -0.3 is 43.8 Å². The highest BCUT2D eigenvalue weighted by atomic mass is 32.5. The maximum absolute atomic E-state index is 16.6. The summed E-state index contributed by atoms with van der Waals surface area (Å²) in [7, 11) is 1.38. The van der Waals surface area contributed by atoms with E-state index in [1.807, 2.05) is 0 Å². The van der Waals surface area contributed by atoms with Crippen molar-refractivity contribution in [3.05, 3.63) is 109 Å². The molecule has 0 radical (unpaired) electrons. The molecule has 0 aliphatic carbocycles. The Morgan fingerprint density at radius 1 is 0.885 bits per heavy atom. The number of amides is 2. The number of nitrogens with zero attached hydrogens (tertiary/aromatic N) is 9. The van der Waals surface area contributed by atoms with E-state index in [2.05, 4.69) is 45.4 Å². The monoisotopic (exact) mass is 874 g/mol. The number of nitrogens with one attached hydrogen (secondary N) is 2. The van der Waals surface area contributed by atoms with Gasteiger partial charge in [0, 0.05) is 19.6 Å². The highest BCUT2D eigenvalue weighted by Crippen LogP contribution is 2.54. The summed E-state index contributed by atoms with van der Waals surface area (Å²) in [4.78, 5) is 54.8. The minimum atomic E-state index is -3.99. The van der Waals surface area contributed by atoms with Gasteiger partial charge in [-0.1, -0.05) is 36.4 Å². The van der Waals surface area contributed by atoms with Crippen LogP contribution in [0.2, 0.25) is 0 Å². The minimum absolute atomic E-state index is 0.0822. The molecule has 20 nitrogen and oxygen atoms in total. The molecule has 2 aliphatic rings. The summed E-state index contributed by atoms with van der Waals surface area (Å²) < 4.78 is 63.5. The molecule has 0 bridgehead atoms. The second-order valence-corrected chi connectivity index (χ2v) is 16.5. The number of fused-ring (bicyclic) bond motifs is 2. The van der Waals surface area contributed by atoms with E-state index in [1.54, 1.807) is 60.7 Å². The van der Waals surface area contributed by atoms with Gasteiger partial charge in [0.15, 0.2) is 52.6 Å². The maximum Gasteiger partial charge on any atom is 0.327 e. The van der Waals surface area contributed by atoms with Crippen LogP contribution in [0.5, 0.6) is 0 Å². The number of aliphatic hydroxyl groups is 1. The second kappa shape index (κ2) is 18.1. The number of imidazole rings is 2. The van der Waals surface area contributed by atoms with Crippen molar-refractivity contribution in [1.29, 1.82) is 0 Å². The topological polar surface area (TPSA) is 225 Å². The Kier molecular flexibility index (Phi) is 12.1. The van der Waals surface area contributed by atoms with Crippen molar-refractivity contribution in [1.82, 2.24) is 39.0 Å². The van der Waals surface area contributed by atoms with Crippen molar-refractivity contribution in [3.8, 4) is 0 Å².